The van der Waals surface area contributed by atoms with Crippen LogP contribution in [0.2, 0.25) is 0 Å². The Morgan fingerprint density at radius 2 is 2.33 bits per heavy atom. The van der Waals surface area contributed by atoms with E-state index in [1.807, 2.05) is 0 Å². The second-order valence-corrected chi connectivity index (χ2v) is 2.73. The Morgan fingerprint density at radius 1 is 1.56 bits per heavy atom. The molecule has 0 nitrogen and oxygen atoms in total. The van der Waals surface area contributed by atoms with Gasteiger partial charge in [0.15, 0.2) is 0 Å². The van der Waals surface area contributed by atoms with Crippen molar-refractivity contribution in [1.29, 1.82) is 0 Å². The van der Waals surface area contributed by atoms with Crippen LogP contribution in [0.25, 0.3) is 0 Å². The summed E-state index contributed by atoms with van der Waals surface area (Å²) in [5.41, 5.74) is 0. The zero-order chi connectivity index (χ0) is 5.56. The van der Waals surface area contributed by atoms with Gasteiger partial charge in [0, 0.05) is 0 Å². The Balaban J connectivity index is 0.000000405. The van der Waals surface area contributed by atoms with Crippen LogP contribution in [0.5, 0.6) is 0 Å². The van der Waals surface area contributed by atoms with Gasteiger partial charge in [-0.05, 0) is 5.92 Å². The summed E-state index contributed by atoms with van der Waals surface area (Å²) in [6.07, 6.45) is 8.68. The van der Waals surface area contributed by atoms with Crippen molar-refractivity contribution >= 4 is 11.6 Å². The minimum absolute atomic E-state index is 0. The van der Waals surface area contributed by atoms with E-state index in [4.69, 9.17) is 11.6 Å². The molecule has 2 rings (SSSR count). The van der Waals surface area contributed by atoms with E-state index >= 15 is 0 Å². The van der Waals surface area contributed by atoms with Gasteiger partial charge in [0.25, 0.3) is 0 Å². The molecule has 2 aliphatic rings. The first-order valence-corrected chi connectivity index (χ1v) is 3.21. The minimum atomic E-state index is 0. The van der Waals surface area contributed by atoms with Gasteiger partial charge in [0.2, 0.25) is 0 Å². The molecular weight excluding hydrogens is 126 g/mol. The van der Waals surface area contributed by atoms with Gasteiger partial charge in [-0.15, -0.1) is 17.7 Å². The molecule has 0 heterocycles. The zero-order valence-corrected chi connectivity index (χ0v) is 6.15. The molecule has 2 atom stereocenters. The fourth-order valence-corrected chi connectivity index (χ4v) is 1.58. The molecule has 0 radical (unpaired) electrons. The van der Waals surface area contributed by atoms with Crippen LogP contribution in [-0.2, 0) is 0 Å². The van der Waals surface area contributed by atoms with Crippen LogP contribution < -0.4 is 18.9 Å². The van der Waals surface area contributed by atoms with E-state index in [1.165, 1.54) is 6.42 Å². The number of halogens is 1. The maximum atomic E-state index is 5.76. The first kappa shape index (κ1) is 7.47. The first-order chi connectivity index (χ1) is 3.86. The van der Waals surface area contributed by atoms with E-state index < -0.39 is 0 Å². The Kier molecular flexibility index (Phi) is 2.11. The Hall–Kier alpha value is 0.367. The smallest absolute Gasteiger partial charge is 0.473 e. The fraction of sp³-hybridized carbons (Fsp3) is 0.429. The van der Waals surface area contributed by atoms with Gasteiger partial charge in [-0.1, -0.05) is 12.5 Å². The van der Waals surface area contributed by atoms with Crippen molar-refractivity contribution in [2.45, 2.75) is 6.42 Å². The average Bonchev–Trinajstić information content (AvgIpc) is 2.23. The second-order valence-electron chi connectivity index (χ2n) is 2.33. The van der Waals surface area contributed by atoms with Crippen LogP contribution in [0.1, 0.15) is 6.42 Å². The largest absolute Gasteiger partial charge is 1.00 e. The summed E-state index contributed by atoms with van der Waals surface area (Å²) < 4.78 is 0. The number of hydrogen-bond donors (Lipinski definition) is 0. The van der Waals surface area contributed by atoms with Gasteiger partial charge >= 0.3 is 18.9 Å². The van der Waals surface area contributed by atoms with Crippen LogP contribution in [-0.4, -0.2) is 0 Å². The Morgan fingerprint density at radius 3 is 2.56 bits per heavy atom. The summed E-state index contributed by atoms with van der Waals surface area (Å²) >= 11 is 5.76. The molecule has 0 N–H and O–H groups in total. The molecule has 0 aromatic carbocycles. The van der Waals surface area contributed by atoms with E-state index in [2.05, 4.69) is 18.2 Å². The molecule has 0 aliphatic heterocycles. The van der Waals surface area contributed by atoms with Crippen LogP contribution >= 0.6 is 11.6 Å². The standard InChI is InChI=1S/C7H6Cl.Li/c8-7-4-5-1-2-6(7)3-5;/h1-2,5-6H,3H2;/q-1;+1. The normalized spacial score (nSPS) is 36.3. The zero-order valence-electron chi connectivity index (χ0n) is 5.39. The van der Waals surface area contributed by atoms with Gasteiger partial charge in [-0.2, -0.15) is 11.0 Å². The molecule has 0 saturated heterocycles. The minimum Gasteiger partial charge on any atom is -0.473 e. The molecule has 42 valence electrons. The van der Waals surface area contributed by atoms with Gasteiger partial charge in [-0.3, -0.25) is 0 Å². The van der Waals surface area contributed by atoms with Crippen molar-refractivity contribution < 1.29 is 18.9 Å². The monoisotopic (exact) mass is 132 g/mol. The van der Waals surface area contributed by atoms with E-state index in [9.17, 15) is 0 Å². The summed E-state index contributed by atoms with van der Waals surface area (Å²) in [7, 11) is 0. The van der Waals surface area contributed by atoms with Gasteiger partial charge in [-0.25, -0.2) is 0 Å². The topological polar surface area (TPSA) is 0 Å². The maximum absolute atomic E-state index is 5.76. The number of fused-ring (bicyclic) bond motifs is 2. The Labute approximate surface area is 72.1 Å². The number of hydrogen-bond acceptors (Lipinski definition) is 0. The molecule has 2 unspecified atom stereocenters. The quantitative estimate of drug-likeness (QED) is 0.228. The molecule has 0 spiro atoms. The summed E-state index contributed by atoms with van der Waals surface area (Å²) in [5.74, 6) is 1.08. The van der Waals surface area contributed by atoms with Crippen LogP contribution in [0.3, 0.4) is 0 Å². The van der Waals surface area contributed by atoms with Gasteiger partial charge < -0.3 is 6.08 Å². The first-order valence-electron chi connectivity index (χ1n) is 2.83. The van der Waals surface area contributed by atoms with E-state index in [-0.39, 0.29) is 18.9 Å². The number of allylic oxidation sites excluding steroid dienone is 4. The third-order valence-corrected chi connectivity index (χ3v) is 2.12. The van der Waals surface area contributed by atoms with Crippen molar-refractivity contribution in [2.24, 2.45) is 11.8 Å². The summed E-state index contributed by atoms with van der Waals surface area (Å²) in [5, 5.41) is 0.928. The molecule has 2 heteroatoms. The summed E-state index contributed by atoms with van der Waals surface area (Å²) in [6, 6.07) is 0. The van der Waals surface area contributed by atoms with Crippen molar-refractivity contribution in [3.63, 3.8) is 0 Å². The fourth-order valence-electron chi connectivity index (χ4n) is 1.28. The molecule has 0 amide bonds. The molecule has 9 heavy (non-hydrogen) atoms. The van der Waals surface area contributed by atoms with E-state index in [0.29, 0.717) is 11.8 Å². The summed E-state index contributed by atoms with van der Waals surface area (Å²) in [6.45, 7) is 0. The third-order valence-electron chi connectivity index (χ3n) is 1.73. The van der Waals surface area contributed by atoms with Gasteiger partial charge in [0.05, 0.1) is 0 Å². The molecule has 0 saturated carbocycles. The van der Waals surface area contributed by atoms with Gasteiger partial charge in [0.1, 0.15) is 0 Å². The molecule has 2 aliphatic carbocycles. The van der Waals surface area contributed by atoms with Crippen molar-refractivity contribution in [2.75, 3.05) is 0 Å². The van der Waals surface area contributed by atoms with Crippen molar-refractivity contribution in [3.8, 4) is 0 Å². The van der Waals surface area contributed by atoms with Crippen molar-refractivity contribution in [3.05, 3.63) is 23.3 Å². The van der Waals surface area contributed by atoms with Crippen LogP contribution in [0.4, 0.5) is 0 Å². The SMILES string of the molecule is ClC1=[C-]C2C=CC1C2.[Li+]. The predicted molar refractivity (Wildman–Crippen MR) is 33.3 cm³/mol. The van der Waals surface area contributed by atoms with Crippen molar-refractivity contribution in [1.82, 2.24) is 0 Å². The van der Waals surface area contributed by atoms with Crippen LogP contribution in [0.15, 0.2) is 17.2 Å². The molecule has 0 aromatic rings. The second kappa shape index (κ2) is 2.54. The number of rotatable bonds is 0. The average molecular weight is 133 g/mol. The molecule has 0 fully saturated rings. The molecule has 0 aromatic heterocycles. The van der Waals surface area contributed by atoms with E-state index in [1.54, 1.807) is 0 Å². The molecular formula is C7H6ClLi. The maximum Gasteiger partial charge on any atom is 1.00 e. The third kappa shape index (κ3) is 1.12. The van der Waals surface area contributed by atoms with E-state index in [0.717, 1.165) is 5.03 Å². The van der Waals surface area contributed by atoms with Crippen LogP contribution in [0, 0.1) is 17.9 Å². The Bertz CT molecular complexity index is 172. The predicted octanol–water partition coefficient (Wildman–Crippen LogP) is -0.878. The summed E-state index contributed by atoms with van der Waals surface area (Å²) in [4.78, 5) is 0. The molecule has 2 bridgehead atoms.